The zero-order chi connectivity index (χ0) is 17.6. The third-order valence-corrected chi connectivity index (χ3v) is 2.70. The number of hydrogen-bond acceptors (Lipinski definition) is 4. The molecule has 1 aromatic rings. The van der Waals surface area contributed by atoms with Gasteiger partial charge in [0.05, 0.1) is 5.56 Å². The molecule has 6 nitrogen and oxygen atoms in total. The molecule has 0 spiro atoms. The van der Waals surface area contributed by atoms with E-state index in [0.717, 1.165) is 0 Å². The van der Waals surface area contributed by atoms with Crippen molar-refractivity contribution in [1.82, 2.24) is 15.6 Å². The van der Waals surface area contributed by atoms with E-state index in [9.17, 15) is 18.0 Å². The molecule has 1 rings (SSSR count). The average molecular weight is 351 g/mol. The molecule has 0 aliphatic rings. The van der Waals surface area contributed by atoms with Gasteiger partial charge in [0.2, 0.25) is 11.8 Å². The third-order valence-electron chi connectivity index (χ3n) is 2.43. The summed E-state index contributed by atoms with van der Waals surface area (Å²) in [6, 6.07) is 0.260. The Hall–Kier alpha value is -2.29. The summed E-state index contributed by atoms with van der Waals surface area (Å²) in [5, 5.41) is 4.51. The van der Waals surface area contributed by atoms with Crippen molar-refractivity contribution in [1.29, 1.82) is 0 Å². The monoisotopic (exact) mass is 350 g/mol. The number of amides is 2. The summed E-state index contributed by atoms with van der Waals surface area (Å²) in [6.45, 7) is 1.57. The number of aromatic nitrogens is 1. The molecular formula is C13H14ClF3N4O2. The SMILES string of the molecule is CN=C(/C=C(/C)NC(=O)NC)Oc1ncc(C(F)(F)F)cc1Cl. The number of alkyl halides is 3. The van der Waals surface area contributed by atoms with E-state index in [4.69, 9.17) is 16.3 Å². The highest BCUT2D eigenvalue weighted by Gasteiger charge is 2.31. The van der Waals surface area contributed by atoms with Crippen molar-refractivity contribution < 1.29 is 22.7 Å². The molecule has 0 aromatic carbocycles. The molecule has 0 fully saturated rings. The third kappa shape index (κ3) is 5.78. The Morgan fingerprint density at radius 2 is 2.13 bits per heavy atom. The molecule has 0 saturated carbocycles. The number of aliphatic imine (C=N–C) groups is 1. The van der Waals surface area contributed by atoms with Gasteiger partial charge < -0.3 is 15.4 Å². The van der Waals surface area contributed by atoms with Crippen molar-refractivity contribution in [2.45, 2.75) is 13.1 Å². The van der Waals surface area contributed by atoms with Crippen LogP contribution in [0.5, 0.6) is 5.88 Å². The molecule has 1 aromatic heterocycles. The summed E-state index contributed by atoms with van der Waals surface area (Å²) in [5.74, 6) is -0.225. The smallest absolute Gasteiger partial charge is 0.417 e. The topological polar surface area (TPSA) is 75.6 Å². The molecule has 2 amide bonds. The Morgan fingerprint density at radius 3 is 2.61 bits per heavy atom. The number of nitrogens with zero attached hydrogens (tertiary/aromatic N) is 2. The van der Waals surface area contributed by atoms with Crippen LogP contribution < -0.4 is 15.4 Å². The Balaban J connectivity index is 2.93. The lowest BCUT2D eigenvalue weighted by atomic mass is 10.3. The lowest BCUT2D eigenvalue weighted by Gasteiger charge is -2.10. The van der Waals surface area contributed by atoms with E-state index in [1.807, 2.05) is 0 Å². The first kappa shape index (κ1) is 18.8. The largest absolute Gasteiger partial charge is 0.419 e. The molecule has 0 aliphatic heterocycles. The van der Waals surface area contributed by atoms with Gasteiger partial charge in [-0.2, -0.15) is 13.2 Å². The molecule has 0 aliphatic carbocycles. The summed E-state index contributed by atoms with van der Waals surface area (Å²) in [6.07, 6.45) is -2.58. The van der Waals surface area contributed by atoms with Crippen LogP contribution in [0.15, 0.2) is 29.0 Å². The summed E-state index contributed by atoms with van der Waals surface area (Å²) in [7, 11) is 2.84. The molecule has 0 saturated heterocycles. The number of rotatable bonds is 3. The number of allylic oxidation sites excluding steroid dienone is 1. The van der Waals surface area contributed by atoms with E-state index < -0.39 is 17.8 Å². The molecule has 126 valence electrons. The number of halogens is 4. The minimum atomic E-state index is -4.55. The highest BCUT2D eigenvalue weighted by atomic mass is 35.5. The zero-order valence-corrected chi connectivity index (χ0v) is 13.2. The van der Waals surface area contributed by atoms with Gasteiger partial charge in [-0.25, -0.2) is 9.78 Å². The van der Waals surface area contributed by atoms with Crippen molar-refractivity contribution in [2.24, 2.45) is 4.99 Å². The standard InChI is InChI=1S/C13H14ClF3N4O2/c1-7(21-12(22)19-3)4-10(18-2)23-11-9(14)5-8(6-20-11)13(15,16)17/h4-6H,1-3H3,(H2,19,21,22)/b7-4-,18-10?. The van der Waals surface area contributed by atoms with E-state index in [0.29, 0.717) is 18.0 Å². The van der Waals surface area contributed by atoms with E-state index in [-0.39, 0.29) is 16.8 Å². The molecular weight excluding hydrogens is 337 g/mol. The number of carbonyl (C=O) groups excluding carboxylic acids is 1. The van der Waals surface area contributed by atoms with Crippen LogP contribution in [-0.4, -0.2) is 31.0 Å². The van der Waals surface area contributed by atoms with Crippen LogP contribution in [0.4, 0.5) is 18.0 Å². The number of pyridine rings is 1. The molecule has 10 heteroatoms. The molecule has 23 heavy (non-hydrogen) atoms. The highest BCUT2D eigenvalue weighted by molar-refractivity contribution is 6.32. The number of urea groups is 1. The first-order valence-electron chi connectivity index (χ1n) is 6.21. The van der Waals surface area contributed by atoms with Crippen LogP contribution in [0, 0.1) is 0 Å². The van der Waals surface area contributed by atoms with E-state index in [1.165, 1.54) is 20.2 Å². The van der Waals surface area contributed by atoms with Gasteiger partial charge >= 0.3 is 12.2 Å². The Morgan fingerprint density at radius 1 is 1.48 bits per heavy atom. The van der Waals surface area contributed by atoms with Crippen LogP contribution in [0.25, 0.3) is 0 Å². The van der Waals surface area contributed by atoms with Crippen LogP contribution >= 0.6 is 11.6 Å². The van der Waals surface area contributed by atoms with Gasteiger partial charge in [-0.1, -0.05) is 11.6 Å². The number of hydrogen-bond donors (Lipinski definition) is 2. The zero-order valence-electron chi connectivity index (χ0n) is 12.5. The van der Waals surface area contributed by atoms with Gasteiger partial charge in [0, 0.05) is 32.1 Å². The second-order valence-electron chi connectivity index (χ2n) is 4.20. The second kappa shape index (κ2) is 7.82. The molecule has 1 heterocycles. The van der Waals surface area contributed by atoms with E-state index >= 15 is 0 Å². The maximum absolute atomic E-state index is 12.5. The molecule has 2 N–H and O–H groups in total. The van der Waals surface area contributed by atoms with Crippen molar-refractivity contribution >= 4 is 23.5 Å². The van der Waals surface area contributed by atoms with Crippen LogP contribution in [-0.2, 0) is 6.18 Å². The number of carbonyl (C=O) groups is 1. The van der Waals surface area contributed by atoms with Crippen LogP contribution in [0.1, 0.15) is 12.5 Å². The lowest BCUT2D eigenvalue weighted by molar-refractivity contribution is -0.137. The lowest BCUT2D eigenvalue weighted by Crippen LogP contribution is -2.31. The van der Waals surface area contributed by atoms with E-state index in [1.54, 1.807) is 6.92 Å². The Bertz CT molecular complexity index is 645. The molecule has 0 bridgehead atoms. The summed E-state index contributed by atoms with van der Waals surface area (Å²) in [4.78, 5) is 18.5. The maximum atomic E-state index is 12.5. The highest BCUT2D eigenvalue weighted by Crippen LogP contribution is 2.33. The number of ether oxygens (including phenoxy) is 1. The Labute approximate surface area is 135 Å². The fourth-order valence-corrected chi connectivity index (χ4v) is 1.56. The fourth-order valence-electron chi connectivity index (χ4n) is 1.36. The van der Waals surface area contributed by atoms with E-state index in [2.05, 4.69) is 20.6 Å². The summed E-state index contributed by atoms with van der Waals surface area (Å²) >= 11 is 5.74. The van der Waals surface area contributed by atoms with Crippen molar-refractivity contribution in [3.63, 3.8) is 0 Å². The minimum Gasteiger partial charge on any atom is -0.419 e. The van der Waals surface area contributed by atoms with Gasteiger partial charge in [-0.05, 0) is 13.0 Å². The normalized spacial score (nSPS) is 12.8. The van der Waals surface area contributed by atoms with Gasteiger partial charge in [0.1, 0.15) is 5.02 Å². The predicted molar refractivity (Wildman–Crippen MR) is 79.6 cm³/mol. The van der Waals surface area contributed by atoms with Crippen molar-refractivity contribution in [2.75, 3.05) is 14.1 Å². The molecule has 0 unspecified atom stereocenters. The minimum absolute atomic E-state index is 0.00746. The number of nitrogens with one attached hydrogen (secondary N) is 2. The summed E-state index contributed by atoms with van der Waals surface area (Å²) in [5.41, 5.74) is -0.592. The van der Waals surface area contributed by atoms with Crippen LogP contribution in [0.2, 0.25) is 5.02 Å². The molecule has 0 atom stereocenters. The second-order valence-corrected chi connectivity index (χ2v) is 4.61. The quantitative estimate of drug-likeness (QED) is 0.650. The van der Waals surface area contributed by atoms with Gasteiger partial charge in [-0.15, -0.1) is 0 Å². The first-order valence-corrected chi connectivity index (χ1v) is 6.59. The van der Waals surface area contributed by atoms with Gasteiger partial charge in [-0.3, -0.25) is 4.99 Å². The summed E-state index contributed by atoms with van der Waals surface area (Å²) < 4.78 is 42.8. The van der Waals surface area contributed by atoms with Gasteiger partial charge in [0.15, 0.2) is 0 Å². The fraction of sp³-hybridized carbons (Fsp3) is 0.308. The van der Waals surface area contributed by atoms with Crippen LogP contribution in [0.3, 0.4) is 0 Å². The Kier molecular flexibility index (Phi) is 6.38. The predicted octanol–water partition coefficient (Wildman–Crippen LogP) is 2.99. The van der Waals surface area contributed by atoms with Crippen molar-refractivity contribution in [3.05, 3.63) is 34.6 Å². The van der Waals surface area contributed by atoms with Crippen molar-refractivity contribution in [3.8, 4) is 5.88 Å². The maximum Gasteiger partial charge on any atom is 0.417 e. The van der Waals surface area contributed by atoms with Gasteiger partial charge in [0.25, 0.3) is 0 Å². The molecule has 0 radical (unpaired) electrons. The first-order chi connectivity index (χ1) is 10.7. The average Bonchev–Trinajstić information content (AvgIpc) is 2.46.